The van der Waals surface area contributed by atoms with Crippen molar-refractivity contribution in [3.8, 4) is 0 Å². The Labute approximate surface area is 242 Å². The molecular weight excluding hydrogens is 668 g/mol. The maximum absolute atomic E-state index is 15.7. The summed E-state index contributed by atoms with van der Waals surface area (Å²) in [5.41, 5.74) is -7.49. The minimum atomic E-state index is -6.42. The molecule has 0 aliphatic heterocycles. The van der Waals surface area contributed by atoms with Gasteiger partial charge in [-0.05, 0) is 93.5 Å². The van der Waals surface area contributed by atoms with Crippen LogP contribution in [-0.2, 0) is 24.7 Å². The lowest BCUT2D eigenvalue weighted by Gasteiger charge is -2.36. The maximum Gasteiger partial charge on any atom is 0.416 e. The Bertz CT molecular complexity index is 1490. The van der Waals surface area contributed by atoms with Gasteiger partial charge in [0.15, 0.2) is 8.07 Å². The summed E-state index contributed by atoms with van der Waals surface area (Å²) >= 11 is 0. The first-order chi connectivity index (χ1) is 20.5. The summed E-state index contributed by atoms with van der Waals surface area (Å²) in [7, 11) is -6.42. The second kappa shape index (κ2) is 11.1. The number of alkyl halides is 12. The molecule has 0 saturated heterocycles. The van der Waals surface area contributed by atoms with Crippen molar-refractivity contribution in [3.05, 3.63) is 118 Å². The van der Waals surface area contributed by atoms with Crippen molar-refractivity contribution in [2.75, 3.05) is 0 Å². The Morgan fingerprint density at radius 1 is 0.311 bits per heavy atom. The third-order valence-electron chi connectivity index (χ3n) is 6.79. The van der Waals surface area contributed by atoms with Gasteiger partial charge in [0.25, 0.3) is 0 Å². The molecule has 0 radical (unpaired) electrons. The molecule has 0 aliphatic rings. The van der Waals surface area contributed by atoms with Crippen molar-refractivity contribution in [1.29, 1.82) is 0 Å². The van der Waals surface area contributed by atoms with Gasteiger partial charge in [-0.15, -0.1) is 0 Å². The van der Waals surface area contributed by atoms with Gasteiger partial charge in [0.05, 0.1) is 22.3 Å². The molecule has 0 saturated carbocycles. The zero-order valence-electron chi connectivity index (χ0n) is 21.5. The number of hydrogen-bond acceptors (Lipinski definition) is 0. The van der Waals surface area contributed by atoms with Crippen LogP contribution in [0.4, 0.5) is 70.2 Å². The minimum absolute atomic E-state index is 0.0115. The molecule has 0 unspecified atom stereocenters. The van der Waals surface area contributed by atoms with Gasteiger partial charge < -0.3 is 0 Å². The van der Waals surface area contributed by atoms with Gasteiger partial charge in [0, 0.05) is 0 Å². The molecule has 0 aromatic heterocycles. The number of benzene rings is 4. The lowest BCUT2D eigenvalue weighted by molar-refractivity contribution is -0.138. The molecule has 0 bridgehead atoms. The number of hydrogen-bond donors (Lipinski definition) is 0. The van der Waals surface area contributed by atoms with Crippen LogP contribution < -0.4 is 20.7 Å². The molecule has 4 aromatic rings. The highest BCUT2D eigenvalue weighted by molar-refractivity contribution is 7.20. The molecule has 0 amide bonds. The Morgan fingerprint density at radius 2 is 0.489 bits per heavy atom. The minimum Gasteiger partial charge on any atom is -0.207 e. The van der Waals surface area contributed by atoms with E-state index in [2.05, 4.69) is 0 Å². The maximum atomic E-state index is 15.7. The highest BCUT2D eigenvalue weighted by atomic mass is 28.3. The van der Waals surface area contributed by atoms with Crippen LogP contribution in [0.25, 0.3) is 0 Å². The molecule has 0 spiro atoms. The summed E-state index contributed by atoms with van der Waals surface area (Å²) in [5.74, 6) is -7.83. The van der Waals surface area contributed by atoms with Crippen LogP contribution in [-0.4, -0.2) is 8.07 Å². The van der Waals surface area contributed by atoms with Crippen LogP contribution in [0.3, 0.4) is 0 Å². The van der Waals surface area contributed by atoms with Crippen molar-refractivity contribution in [3.63, 3.8) is 0 Å². The summed E-state index contributed by atoms with van der Waals surface area (Å²) < 4.78 is 229. The monoisotopic (exact) mass is 680 g/mol. The van der Waals surface area contributed by atoms with Gasteiger partial charge in [-0.1, -0.05) is 0 Å². The van der Waals surface area contributed by atoms with Crippen LogP contribution >= 0.6 is 0 Å². The van der Waals surface area contributed by atoms with Gasteiger partial charge in [0.2, 0.25) is 0 Å². The van der Waals surface area contributed by atoms with E-state index in [9.17, 15) is 52.7 Å². The van der Waals surface area contributed by atoms with Gasteiger partial charge >= 0.3 is 24.7 Å². The van der Waals surface area contributed by atoms with E-state index >= 15 is 17.6 Å². The van der Waals surface area contributed by atoms with E-state index in [0.29, 0.717) is 0 Å². The third-order valence-corrected chi connectivity index (χ3v) is 11.6. The van der Waals surface area contributed by atoms with E-state index in [1.807, 2.05) is 0 Å². The fourth-order valence-corrected chi connectivity index (χ4v) is 9.82. The summed E-state index contributed by atoms with van der Waals surface area (Å²) in [6, 6.07) is -0.799. The summed E-state index contributed by atoms with van der Waals surface area (Å²) in [5, 5.41) is -6.75. The zero-order valence-corrected chi connectivity index (χ0v) is 22.5. The smallest absolute Gasteiger partial charge is 0.207 e. The van der Waals surface area contributed by atoms with E-state index in [4.69, 9.17) is 0 Å². The van der Waals surface area contributed by atoms with Gasteiger partial charge in [-0.25, -0.2) is 17.6 Å². The average molecular weight is 680 g/mol. The van der Waals surface area contributed by atoms with E-state index in [0.717, 1.165) is 0 Å². The first-order valence-corrected chi connectivity index (χ1v) is 14.0. The highest BCUT2D eigenvalue weighted by Crippen LogP contribution is 2.34. The zero-order chi connectivity index (χ0) is 33.9. The number of halogens is 16. The van der Waals surface area contributed by atoms with Crippen LogP contribution in [0.15, 0.2) is 72.8 Å². The molecule has 0 N–H and O–H groups in total. The lowest BCUT2D eigenvalue weighted by Crippen LogP contribution is -2.77. The fourth-order valence-electron chi connectivity index (χ4n) is 4.83. The van der Waals surface area contributed by atoms with Crippen LogP contribution in [0.2, 0.25) is 0 Å². The standard InChI is InChI=1S/C28H12F16Si/c29-17-5-1-13(25(33,34)35)9-21(17)45(22-10-14(26(36,37)38)2-6-18(22)30,23-11-15(27(39,40)41)3-7-19(23)31)24-12-16(28(42,43)44)4-8-20(24)32/h1-12H. The normalized spacial score (nSPS) is 13.3. The Hall–Kier alpha value is -4.02. The van der Waals surface area contributed by atoms with Gasteiger partial charge in [-0.3, -0.25) is 0 Å². The predicted octanol–water partition coefficient (Wildman–Crippen LogP) is 7.70. The second-order valence-electron chi connectivity index (χ2n) is 9.52. The molecule has 4 aromatic carbocycles. The van der Waals surface area contributed by atoms with Crippen LogP contribution in [0.1, 0.15) is 22.3 Å². The van der Waals surface area contributed by atoms with E-state index in [1.165, 1.54) is 0 Å². The quantitative estimate of drug-likeness (QED) is 0.118. The molecule has 0 atom stereocenters. The SMILES string of the molecule is Fc1ccc(C(F)(F)F)cc1[Si](c1cc(C(F)(F)F)ccc1F)(c1cc(C(F)(F)F)ccc1F)c1cc(C(F)(F)F)ccc1F. The topological polar surface area (TPSA) is 0 Å². The van der Waals surface area contributed by atoms with Crippen molar-refractivity contribution in [1.82, 2.24) is 0 Å². The summed E-state index contributed by atoms with van der Waals surface area (Å²) in [4.78, 5) is 0. The second-order valence-corrected chi connectivity index (χ2v) is 13.2. The van der Waals surface area contributed by atoms with Crippen LogP contribution in [0.5, 0.6) is 0 Å². The first-order valence-electron chi connectivity index (χ1n) is 12.0. The Kier molecular flexibility index (Phi) is 8.35. The molecule has 0 fully saturated rings. The summed E-state index contributed by atoms with van der Waals surface area (Å²) in [6.07, 6.45) is -21.8. The molecule has 0 heterocycles. The molecule has 17 heteroatoms. The molecule has 0 aliphatic carbocycles. The molecular formula is C28H12F16Si. The van der Waals surface area contributed by atoms with E-state index in [-0.39, 0.29) is 72.8 Å². The largest absolute Gasteiger partial charge is 0.416 e. The third kappa shape index (κ3) is 6.26. The van der Waals surface area contributed by atoms with Crippen molar-refractivity contribution < 1.29 is 70.2 Å². The van der Waals surface area contributed by atoms with E-state index < -0.39 is 99.0 Å². The summed E-state index contributed by atoms with van der Waals surface area (Å²) in [6.45, 7) is 0. The number of rotatable bonds is 4. The van der Waals surface area contributed by atoms with Crippen molar-refractivity contribution in [2.45, 2.75) is 24.7 Å². The Balaban J connectivity index is 2.43. The highest BCUT2D eigenvalue weighted by Gasteiger charge is 2.52. The molecule has 0 nitrogen and oxygen atoms in total. The average Bonchev–Trinajstić information content (AvgIpc) is 2.89. The van der Waals surface area contributed by atoms with Crippen LogP contribution in [0, 0.1) is 23.3 Å². The van der Waals surface area contributed by atoms with Gasteiger partial charge in [0.1, 0.15) is 23.3 Å². The molecule has 45 heavy (non-hydrogen) atoms. The molecule has 240 valence electrons. The van der Waals surface area contributed by atoms with E-state index in [1.54, 1.807) is 0 Å². The molecule has 4 rings (SSSR count). The predicted molar refractivity (Wildman–Crippen MR) is 130 cm³/mol. The first kappa shape index (κ1) is 33.9. The fraction of sp³-hybridized carbons (Fsp3) is 0.143. The lowest BCUT2D eigenvalue weighted by atomic mass is 10.2. The Morgan fingerprint density at radius 3 is 0.644 bits per heavy atom. The van der Waals surface area contributed by atoms with Crippen molar-refractivity contribution in [2.24, 2.45) is 0 Å². The van der Waals surface area contributed by atoms with Crippen molar-refractivity contribution >= 4 is 28.8 Å². The van der Waals surface area contributed by atoms with Gasteiger partial charge in [-0.2, -0.15) is 52.7 Å².